The quantitative estimate of drug-likeness (QED) is 0.166. The van der Waals surface area contributed by atoms with Crippen molar-refractivity contribution in [3.05, 3.63) is 18.2 Å². The highest BCUT2D eigenvalue weighted by atomic mass is 16.4. The first-order valence-corrected chi connectivity index (χ1v) is 10.3. The fourth-order valence-electron chi connectivity index (χ4n) is 3.48. The zero-order valence-electron chi connectivity index (χ0n) is 17.8. The van der Waals surface area contributed by atoms with Crippen molar-refractivity contribution < 1.29 is 39.3 Å². The lowest BCUT2D eigenvalue weighted by molar-refractivity contribution is -0.150. The van der Waals surface area contributed by atoms with Crippen LogP contribution in [0.25, 0.3) is 0 Å². The van der Waals surface area contributed by atoms with Gasteiger partial charge in [-0.3, -0.25) is 19.2 Å². The molecule has 4 atom stereocenters. The number of carboxylic acids is 2. The number of carboxylic acid groups (broad SMARTS) is 2. The maximum atomic E-state index is 12.9. The minimum Gasteiger partial charge on any atom is -0.481 e. The van der Waals surface area contributed by atoms with Gasteiger partial charge in [0.1, 0.15) is 18.1 Å². The zero-order chi connectivity index (χ0) is 24.5. The number of hydrogen-bond donors (Lipinski definition) is 7. The molecule has 4 unspecified atom stereocenters. The van der Waals surface area contributed by atoms with E-state index >= 15 is 0 Å². The standard InChI is InChI=1S/C19H28N6O8/c20-11(6-10-7-21-9-22-10)16(29)24-13(8-26)17(30)23-12(3-4-15(27)28)18(31)25-5-1-2-14(25)19(32)33/h7,9,11-14,26H,1-6,8,20H2,(H,21,22)(H,23,30)(H,24,29)(H,27,28)(H,32,33). The number of rotatable bonds is 12. The molecule has 0 bridgehead atoms. The van der Waals surface area contributed by atoms with Crippen LogP contribution in [-0.2, 0) is 30.4 Å². The Balaban J connectivity index is 2.05. The van der Waals surface area contributed by atoms with Crippen LogP contribution in [-0.4, -0.2) is 97.2 Å². The number of H-pyrrole nitrogens is 1. The third kappa shape index (κ3) is 7.25. The number of likely N-dealkylation sites (tertiary alicyclic amines) is 1. The van der Waals surface area contributed by atoms with Gasteiger partial charge in [-0.1, -0.05) is 0 Å². The van der Waals surface area contributed by atoms with Crippen molar-refractivity contribution in [3.63, 3.8) is 0 Å². The summed E-state index contributed by atoms with van der Waals surface area (Å²) in [5, 5.41) is 32.5. The molecule has 2 rings (SSSR count). The van der Waals surface area contributed by atoms with Crippen LogP contribution in [0.15, 0.2) is 12.5 Å². The van der Waals surface area contributed by atoms with Crippen LogP contribution in [0.5, 0.6) is 0 Å². The number of amides is 3. The third-order valence-electron chi connectivity index (χ3n) is 5.23. The molecular formula is C19H28N6O8. The molecule has 1 aromatic heterocycles. The fourth-order valence-corrected chi connectivity index (χ4v) is 3.48. The van der Waals surface area contributed by atoms with E-state index in [0.717, 1.165) is 4.90 Å². The lowest BCUT2D eigenvalue weighted by Gasteiger charge is -2.28. The molecule has 0 aliphatic carbocycles. The number of aliphatic hydroxyl groups excluding tert-OH is 1. The lowest BCUT2D eigenvalue weighted by atomic mass is 10.1. The van der Waals surface area contributed by atoms with Crippen LogP contribution in [0.1, 0.15) is 31.4 Å². The Kier molecular flexibility index (Phi) is 9.30. The highest BCUT2D eigenvalue weighted by molar-refractivity contribution is 5.94. The number of carbonyl (C=O) groups is 5. The van der Waals surface area contributed by atoms with Gasteiger partial charge in [0.05, 0.1) is 19.0 Å². The molecule has 33 heavy (non-hydrogen) atoms. The van der Waals surface area contributed by atoms with Crippen molar-refractivity contribution in [2.24, 2.45) is 5.73 Å². The first kappa shape index (κ1) is 25.7. The number of hydrogen-bond acceptors (Lipinski definition) is 8. The molecule has 14 nitrogen and oxygen atoms in total. The summed E-state index contributed by atoms with van der Waals surface area (Å²) in [6.45, 7) is -0.659. The van der Waals surface area contributed by atoms with Gasteiger partial charge >= 0.3 is 11.9 Å². The largest absolute Gasteiger partial charge is 0.481 e. The fraction of sp³-hybridized carbons (Fsp3) is 0.579. The van der Waals surface area contributed by atoms with Crippen LogP contribution in [0.4, 0.5) is 0 Å². The Morgan fingerprint density at radius 2 is 1.88 bits per heavy atom. The number of aromatic nitrogens is 2. The highest BCUT2D eigenvalue weighted by Crippen LogP contribution is 2.19. The monoisotopic (exact) mass is 468 g/mol. The van der Waals surface area contributed by atoms with Crippen molar-refractivity contribution in [2.75, 3.05) is 13.2 Å². The topological polar surface area (TPSA) is 228 Å². The molecule has 182 valence electrons. The number of nitrogens with zero attached hydrogens (tertiary/aromatic N) is 2. The van der Waals surface area contributed by atoms with E-state index in [2.05, 4.69) is 20.6 Å². The smallest absolute Gasteiger partial charge is 0.326 e. The zero-order valence-corrected chi connectivity index (χ0v) is 17.8. The van der Waals surface area contributed by atoms with Crippen LogP contribution in [0, 0.1) is 0 Å². The molecule has 1 fully saturated rings. The van der Waals surface area contributed by atoms with E-state index < -0.39 is 66.9 Å². The number of imidazole rings is 1. The van der Waals surface area contributed by atoms with Crippen molar-refractivity contribution in [1.82, 2.24) is 25.5 Å². The predicted molar refractivity (Wildman–Crippen MR) is 110 cm³/mol. The maximum Gasteiger partial charge on any atom is 0.326 e. The van der Waals surface area contributed by atoms with Crippen molar-refractivity contribution in [3.8, 4) is 0 Å². The second-order valence-corrected chi connectivity index (χ2v) is 7.65. The molecule has 0 spiro atoms. The molecule has 1 aliphatic heterocycles. The number of nitrogens with two attached hydrogens (primary N) is 1. The second-order valence-electron chi connectivity index (χ2n) is 7.65. The van der Waals surface area contributed by atoms with Gasteiger partial charge in [0.15, 0.2) is 0 Å². The molecule has 0 saturated carbocycles. The molecule has 3 amide bonds. The van der Waals surface area contributed by atoms with Crippen molar-refractivity contribution in [2.45, 2.75) is 56.3 Å². The first-order chi connectivity index (χ1) is 15.6. The molecule has 1 aromatic rings. The number of aromatic amines is 1. The van der Waals surface area contributed by atoms with E-state index in [-0.39, 0.29) is 25.8 Å². The van der Waals surface area contributed by atoms with Crippen molar-refractivity contribution >= 4 is 29.7 Å². The Morgan fingerprint density at radius 3 is 2.45 bits per heavy atom. The van der Waals surface area contributed by atoms with Gasteiger partial charge < -0.3 is 41.6 Å². The molecule has 1 aliphatic rings. The Labute approximate surface area is 188 Å². The highest BCUT2D eigenvalue weighted by Gasteiger charge is 2.38. The van der Waals surface area contributed by atoms with Gasteiger partial charge in [-0.05, 0) is 19.3 Å². The van der Waals surface area contributed by atoms with Crippen LogP contribution in [0.2, 0.25) is 0 Å². The summed E-state index contributed by atoms with van der Waals surface area (Å²) in [5.41, 5.74) is 6.40. The summed E-state index contributed by atoms with van der Waals surface area (Å²) in [5.74, 6) is -4.83. The third-order valence-corrected chi connectivity index (χ3v) is 5.23. The normalized spacial score (nSPS) is 18.2. The van der Waals surface area contributed by atoms with Gasteiger partial charge in [-0.25, -0.2) is 9.78 Å². The molecule has 2 heterocycles. The summed E-state index contributed by atoms with van der Waals surface area (Å²) in [4.78, 5) is 68.0. The van der Waals surface area contributed by atoms with Crippen LogP contribution >= 0.6 is 0 Å². The summed E-state index contributed by atoms with van der Waals surface area (Å²) in [6, 6.07) is -4.94. The minimum absolute atomic E-state index is 0.0941. The molecular weight excluding hydrogens is 440 g/mol. The average molecular weight is 468 g/mol. The SMILES string of the molecule is NC(Cc1cnc[nH]1)C(=O)NC(CO)C(=O)NC(CCC(=O)O)C(=O)N1CCCC1C(=O)O. The van der Waals surface area contributed by atoms with Gasteiger partial charge in [0.2, 0.25) is 17.7 Å². The summed E-state index contributed by atoms with van der Waals surface area (Å²) < 4.78 is 0. The van der Waals surface area contributed by atoms with Gasteiger partial charge in [-0.15, -0.1) is 0 Å². The average Bonchev–Trinajstić information content (AvgIpc) is 3.45. The van der Waals surface area contributed by atoms with Crippen LogP contribution < -0.4 is 16.4 Å². The molecule has 0 aromatic carbocycles. The number of aliphatic hydroxyl groups is 1. The molecule has 8 N–H and O–H groups in total. The van der Waals surface area contributed by atoms with Gasteiger partial charge in [-0.2, -0.15) is 0 Å². The summed E-state index contributed by atoms with van der Waals surface area (Å²) in [6.07, 6.45) is 2.91. The van der Waals surface area contributed by atoms with Crippen LogP contribution in [0.3, 0.4) is 0 Å². The van der Waals surface area contributed by atoms with E-state index in [0.29, 0.717) is 12.1 Å². The van der Waals surface area contributed by atoms with E-state index in [4.69, 9.17) is 10.8 Å². The molecule has 0 radical (unpaired) electrons. The lowest BCUT2D eigenvalue weighted by Crippen LogP contribution is -2.58. The maximum absolute atomic E-state index is 12.9. The number of aliphatic carboxylic acids is 2. The summed E-state index contributed by atoms with van der Waals surface area (Å²) >= 11 is 0. The summed E-state index contributed by atoms with van der Waals surface area (Å²) in [7, 11) is 0. The van der Waals surface area contributed by atoms with Gasteiger partial charge in [0.25, 0.3) is 0 Å². The Bertz CT molecular complexity index is 860. The van der Waals surface area contributed by atoms with E-state index in [1.165, 1.54) is 12.5 Å². The number of nitrogens with one attached hydrogen (secondary N) is 3. The first-order valence-electron chi connectivity index (χ1n) is 10.3. The van der Waals surface area contributed by atoms with Gasteiger partial charge in [0, 0.05) is 31.3 Å². The van der Waals surface area contributed by atoms with E-state index in [1.54, 1.807) is 0 Å². The van der Waals surface area contributed by atoms with E-state index in [1.807, 2.05) is 0 Å². The second kappa shape index (κ2) is 11.9. The molecule has 1 saturated heterocycles. The van der Waals surface area contributed by atoms with Crippen molar-refractivity contribution in [1.29, 1.82) is 0 Å². The molecule has 14 heteroatoms. The Morgan fingerprint density at radius 1 is 1.18 bits per heavy atom. The minimum atomic E-state index is -1.46. The number of carbonyl (C=O) groups excluding carboxylic acids is 3. The Hall–Kier alpha value is -3.52. The van der Waals surface area contributed by atoms with E-state index in [9.17, 15) is 34.2 Å². The predicted octanol–water partition coefficient (Wildman–Crippen LogP) is -2.82.